The molecule has 0 amide bonds. The highest BCUT2D eigenvalue weighted by atomic mass is 16.4. The van der Waals surface area contributed by atoms with Crippen molar-refractivity contribution in [1.29, 1.82) is 0 Å². The van der Waals surface area contributed by atoms with E-state index in [2.05, 4.69) is 22.3 Å². The summed E-state index contributed by atoms with van der Waals surface area (Å²) in [6, 6.07) is 2.25. The second-order valence-electron chi connectivity index (χ2n) is 4.26. The van der Waals surface area contributed by atoms with E-state index in [-0.39, 0.29) is 0 Å². The summed E-state index contributed by atoms with van der Waals surface area (Å²) in [6.45, 7) is 7.49. The van der Waals surface area contributed by atoms with Gasteiger partial charge in [-0.2, -0.15) is 5.10 Å². The van der Waals surface area contributed by atoms with Gasteiger partial charge in [-0.15, -0.1) is 0 Å². The fourth-order valence-corrected chi connectivity index (χ4v) is 1.63. The third kappa shape index (κ3) is 3.17. The van der Waals surface area contributed by atoms with E-state index in [1.807, 2.05) is 30.8 Å². The second kappa shape index (κ2) is 5.14. The van der Waals surface area contributed by atoms with Crippen LogP contribution in [0.1, 0.15) is 24.3 Å². The molecule has 0 spiro atoms. The van der Waals surface area contributed by atoms with Crippen LogP contribution >= 0.6 is 0 Å². The molecule has 0 radical (unpaired) electrons. The van der Waals surface area contributed by atoms with E-state index in [4.69, 9.17) is 4.42 Å². The van der Waals surface area contributed by atoms with Crippen molar-refractivity contribution in [3.05, 3.63) is 35.8 Å². The maximum Gasteiger partial charge on any atom is 0.208 e. The van der Waals surface area contributed by atoms with Crippen molar-refractivity contribution >= 4 is 0 Å². The lowest BCUT2D eigenvalue weighted by Crippen LogP contribution is -2.30. The van der Waals surface area contributed by atoms with E-state index in [9.17, 15) is 0 Å². The summed E-state index contributed by atoms with van der Waals surface area (Å²) >= 11 is 0. The molecule has 0 fully saturated rings. The Balaban J connectivity index is 1.81. The average Bonchev–Trinajstić information content (AvgIpc) is 2.87. The Labute approximate surface area is 101 Å². The molecule has 0 bridgehead atoms. The summed E-state index contributed by atoms with van der Waals surface area (Å²) in [5.74, 6) is 1.63. The van der Waals surface area contributed by atoms with Crippen LogP contribution in [0.25, 0.3) is 0 Å². The monoisotopic (exact) mass is 234 g/mol. The molecule has 1 atom stereocenters. The fraction of sp³-hybridized carbons (Fsp3) is 0.500. The van der Waals surface area contributed by atoms with E-state index in [0.717, 1.165) is 23.9 Å². The Hall–Kier alpha value is -1.62. The molecule has 0 saturated heterocycles. The Morgan fingerprint density at radius 3 is 2.88 bits per heavy atom. The molecule has 17 heavy (non-hydrogen) atoms. The highest BCUT2D eigenvalue weighted by Crippen LogP contribution is 2.07. The Morgan fingerprint density at radius 2 is 2.29 bits per heavy atom. The molecule has 1 N–H and O–H groups in total. The summed E-state index contributed by atoms with van der Waals surface area (Å²) in [4.78, 5) is 4.33. The topological polar surface area (TPSA) is 55.9 Å². The summed E-state index contributed by atoms with van der Waals surface area (Å²) < 4.78 is 7.41. The van der Waals surface area contributed by atoms with E-state index >= 15 is 0 Å². The largest absolute Gasteiger partial charge is 0.444 e. The molecular weight excluding hydrogens is 216 g/mol. The molecule has 5 heteroatoms. The van der Waals surface area contributed by atoms with Crippen LogP contribution in [-0.4, -0.2) is 20.8 Å². The van der Waals surface area contributed by atoms with Crippen LogP contribution in [0.4, 0.5) is 0 Å². The molecular formula is C12H18N4O. The van der Waals surface area contributed by atoms with Crippen molar-refractivity contribution in [3.63, 3.8) is 0 Å². The van der Waals surface area contributed by atoms with Crippen LogP contribution in [0.15, 0.2) is 22.9 Å². The number of hydrogen-bond acceptors (Lipinski definition) is 4. The van der Waals surface area contributed by atoms with Crippen LogP contribution in [0.2, 0.25) is 0 Å². The molecule has 2 rings (SSSR count). The molecule has 0 saturated carbocycles. The van der Waals surface area contributed by atoms with Gasteiger partial charge in [-0.1, -0.05) is 0 Å². The standard InChI is InChI=1S/C12H18N4O/c1-9(8-16-6-4-5-14-16)13-7-12-15-10(2)11(3)17-12/h4-6,9,13H,7-8H2,1-3H3. The highest BCUT2D eigenvalue weighted by Gasteiger charge is 2.07. The Bertz CT molecular complexity index is 441. The smallest absolute Gasteiger partial charge is 0.208 e. The lowest BCUT2D eigenvalue weighted by atomic mass is 10.3. The average molecular weight is 234 g/mol. The van der Waals surface area contributed by atoms with E-state index < -0.39 is 0 Å². The number of aryl methyl sites for hydroxylation is 2. The fourth-order valence-electron chi connectivity index (χ4n) is 1.63. The molecule has 0 aliphatic carbocycles. The maximum absolute atomic E-state index is 5.50. The number of nitrogens with one attached hydrogen (secondary N) is 1. The quantitative estimate of drug-likeness (QED) is 0.855. The van der Waals surface area contributed by atoms with Gasteiger partial charge >= 0.3 is 0 Å². The first-order valence-electron chi connectivity index (χ1n) is 5.79. The van der Waals surface area contributed by atoms with E-state index in [0.29, 0.717) is 12.6 Å². The number of nitrogens with zero attached hydrogens (tertiary/aromatic N) is 3. The van der Waals surface area contributed by atoms with Gasteiger partial charge in [-0.3, -0.25) is 4.68 Å². The minimum Gasteiger partial charge on any atom is -0.444 e. The Kier molecular flexibility index (Phi) is 3.58. The molecule has 5 nitrogen and oxygen atoms in total. The van der Waals surface area contributed by atoms with E-state index in [1.165, 1.54) is 0 Å². The highest BCUT2D eigenvalue weighted by molar-refractivity contribution is 5.05. The Morgan fingerprint density at radius 1 is 1.47 bits per heavy atom. The zero-order chi connectivity index (χ0) is 12.3. The minimum atomic E-state index is 0.322. The molecule has 92 valence electrons. The predicted octanol–water partition coefficient (Wildman–Crippen LogP) is 1.67. The maximum atomic E-state index is 5.50. The minimum absolute atomic E-state index is 0.322. The molecule has 0 aliphatic rings. The SMILES string of the molecule is Cc1nc(CNC(C)Cn2cccn2)oc1C. The number of rotatable bonds is 5. The van der Waals surface area contributed by atoms with Crippen molar-refractivity contribution in [2.75, 3.05) is 0 Å². The van der Waals surface area contributed by atoms with Gasteiger partial charge in [0.25, 0.3) is 0 Å². The van der Waals surface area contributed by atoms with Crippen LogP contribution < -0.4 is 5.32 Å². The lowest BCUT2D eigenvalue weighted by Gasteiger charge is -2.12. The van der Waals surface area contributed by atoms with Crippen LogP contribution in [0.3, 0.4) is 0 Å². The van der Waals surface area contributed by atoms with Crippen LogP contribution in [0.5, 0.6) is 0 Å². The van der Waals surface area contributed by atoms with Gasteiger partial charge in [-0.25, -0.2) is 4.98 Å². The normalized spacial score (nSPS) is 12.9. The van der Waals surface area contributed by atoms with Gasteiger partial charge in [0.05, 0.1) is 18.8 Å². The number of hydrogen-bond donors (Lipinski definition) is 1. The predicted molar refractivity (Wildman–Crippen MR) is 64.5 cm³/mol. The van der Waals surface area contributed by atoms with Crippen molar-refractivity contribution in [3.8, 4) is 0 Å². The first-order valence-corrected chi connectivity index (χ1v) is 5.79. The van der Waals surface area contributed by atoms with Crippen molar-refractivity contribution in [2.24, 2.45) is 0 Å². The number of aromatic nitrogens is 3. The van der Waals surface area contributed by atoms with Crippen molar-refractivity contribution in [1.82, 2.24) is 20.1 Å². The molecule has 0 aromatic carbocycles. The zero-order valence-corrected chi connectivity index (χ0v) is 10.5. The molecule has 2 aromatic rings. The molecule has 1 unspecified atom stereocenters. The third-order valence-electron chi connectivity index (χ3n) is 2.69. The van der Waals surface area contributed by atoms with Gasteiger partial charge in [-0.05, 0) is 26.8 Å². The summed E-state index contributed by atoms with van der Waals surface area (Å²) in [5.41, 5.74) is 0.960. The molecule has 0 aliphatic heterocycles. The van der Waals surface area contributed by atoms with Crippen LogP contribution in [-0.2, 0) is 13.1 Å². The van der Waals surface area contributed by atoms with Crippen LogP contribution in [0, 0.1) is 13.8 Å². The summed E-state index contributed by atoms with van der Waals surface area (Å²) in [7, 11) is 0. The van der Waals surface area contributed by atoms with Gasteiger partial charge in [0.15, 0.2) is 0 Å². The first-order chi connectivity index (χ1) is 8.15. The second-order valence-corrected chi connectivity index (χ2v) is 4.26. The summed E-state index contributed by atoms with van der Waals surface area (Å²) in [5, 5.41) is 7.53. The van der Waals surface area contributed by atoms with Gasteiger partial charge < -0.3 is 9.73 Å². The third-order valence-corrected chi connectivity index (χ3v) is 2.69. The summed E-state index contributed by atoms with van der Waals surface area (Å²) in [6.07, 6.45) is 3.74. The van der Waals surface area contributed by atoms with Gasteiger partial charge in [0.1, 0.15) is 5.76 Å². The van der Waals surface area contributed by atoms with E-state index in [1.54, 1.807) is 6.20 Å². The van der Waals surface area contributed by atoms with Gasteiger partial charge in [0.2, 0.25) is 5.89 Å². The van der Waals surface area contributed by atoms with Crippen molar-refractivity contribution in [2.45, 2.75) is 39.9 Å². The molecule has 2 heterocycles. The molecule has 2 aromatic heterocycles. The van der Waals surface area contributed by atoms with Gasteiger partial charge in [0, 0.05) is 18.4 Å². The zero-order valence-electron chi connectivity index (χ0n) is 10.5. The number of oxazole rings is 1. The van der Waals surface area contributed by atoms with Crippen molar-refractivity contribution < 1.29 is 4.42 Å². The lowest BCUT2D eigenvalue weighted by molar-refractivity contribution is 0.400. The first kappa shape index (κ1) is 11.9.